The number of halogens is 3. The van der Waals surface area contributed by atoms with E-state index in [0.29, 0.717) is 48.3 Å². The molecule has 246 valence electrons. The van der Waals surface area contributed by atoms with Gasteiger partial charge in [0.1, 0.15) is 24.2 Å². The molecule has 1 N–H and O–H groups in total. The number of alkyl halides is 3. The lowest BCUT2D eigenvalue weighted by Gasteiger charge is -2.40. The summed E-state index contributed by atoms with van der Waals surface area (Å²) in [6, 6.07) is 15.3. The van der Waals surface area contributed by atoms with Gasteiger partial charge in [0.15, 0.2) is 0 Å². The van der Waals surface area contributed by atoms with Gasteiger partial charge in [0, 0.05) is 43.8 Å². The van der Waals surface area contributed by atoms with Crippen molar-refractivity contribution >= 4 is 27.8 Å². The number of fused-ring (bicyclic) bond motifs is 2. The Kier molecular flexibility index (Phi) is 8.12. The second-order valence-corrected chi connectivity index (χ2v) is 11.4. The molecule has 2 aromatic carbocycles. The molecule has 5 heterocycles. The molecule has 0 spiro atoms. The number of hydrogen-bond acceptors (Lipinski definition) is 9. The first-order valence-electron chi connectivity index (χ1n) is 15.1. The van der Waals surface area contributed by atoms with Crippen LogP contribution in [0.2, 0.25) is 0 Å². The van der Waals surface area contributed by atoms with Crippen LogP contribution in [0, 0.1) is 0 Å². The Morgan fingerprint density at radius 2 is 1.83 bits per heavy atom. The van der Waals surface area contributed by atoms with E-state index in [1.54, 1.807) is 23.5 Å². The molecular weight excluding hydrogens is 627 g/mol. The fourth-order valence-electron chi connectivity index (χ4n) is 6.11. The highest BCUT2D eigenvalue weighted by molar-refractivity contribution is 5.86. The zero-order valence-electron chi connectivity index (χ0n) is 26.0. The molecule has 48 heavy (non-hydrogen) atoms. The van der Waals surface area contributed by atoms with Gasteiger partial charge in [-0.05, 0) is 35.9 Å². The Morgan fingerprint density at radius 1 is 0.979 bits per heavy atom. The predicted molar refractivity (Wildman–Crippen MR) is 169 cm³/mol. The molecule has 12 nitrogen and oxygen atoms in total. The average molecular weight is 658 g/mol. The van der Waals surface area contributed by atoms with Crippen molar-refractivity contribution in [3.05, 3.63) is 90.4 Å². The number of carbonyl (C=O) groups excluding carboxylic acids is 1. The Balaban J connectivity index is 1.24. The summed E-state index contributed by atoms with van der Waals surface area (Å²) < 4.78 is 54.4. The lowest BCUT2D eigenvalue weighted by molar-refractivity contribution is -0.148. The van der Waals surface area contributed by atoms with Crippen molar-refractivity contribution < 1.29 is 27.4 Å². The van der Waals surface area contributed by atoms with Crippen molar-refractivity contribution in [2.75, 3.05) is 33.9 Å². The third kappa shape index (κ3) is 5.99. The van der Waals surface area contributed by atoms with E-state index < -0.39 is 30.5 Å². The number of aromatic nitrogens is 7. The Hall–Kier alpha value is -5.57. The molecule has 1 saturated heterocycles. The Labute approximate surface area is 272 Å². The molecule has 0 unspecified atom stereocenters. The maximum absolute atomic E-state index is 14.2. The first-order chi connectivity index (χ1) is 23.2. The SMILES string of the molecule is COc1ccc2nc(C(F)(F)F)n(CC(=O)N3CCN(Cc4ccnnc4)C[C@H]3c3ncc(-c4cc5ccccc5nc4OC)[nH]3)c2c1. The van der Waals surface area contributed by atoms with Crippen LogP contribution in [0.3, 0.4) is 0 Å². The minimum Gasteiger partial charge on any atom is -0.497 e. The van der Waals surface area contributed by atoms with Gasteiger partial charge in [-0.15, -0.1) is 0 Å². The van der Waals surface area contributed by atoms with Crippen LogP contribution in [0.15, 0.2) is 73.2 Å². The summed E-state index contributed by atoms with van der Waals surface area (Å²) in [5.41, 5.74) is 3.26. The number of H-pyrrole nitrogens is 1. The summed E-state index contributed by atoms with van der Waals surface area (Å²) in [6.07, 6.45) is 0.147. The van der Waals surface area contributed by atoms with Crippen LogP contribution < -0.4 is 9.47 Å². The van der Waals surface area contributed by atoms with Gasteiger partial charge in [0.2, 0.25) is 17.6 Å². The largest absolute Gasteiger partial charge is 0.497 e. The van der Waals surface area contributed by atoms with Gasteiger partial charge in [-0.2, -0.15) is 23.4 Å². The van der Waals surface area contributed by atoms with Gasteiger partial charge in [0.05, 0.1) is 54.4 Å². The van der Waals surface area contributed by atoms with E-state index in [4.69, 9.17) is 9.47 Å². The number of benzene rings is 2. The van der Waals surface area contributed by atoms with E-state index in [0.717, 1.165) is 21.0 Å². The molecule has 0 radical (unpaired) electrons. The molecule has 1 atom stereocenters. The fourth-order valence-corrected chi connectivity index (χ4v) is 6.11. The number of amides is 1. The highest BCUT2D eigenvalue weighted by atomic mass is 19.4. The number of aromatic amines is 1. The first kappa shape index (κ1) is 31.1. The first-order valence-corrected chi connectivity index (χ1v) is 15.1. The van der Waals surface area contributed by atoms with E-state index in [2.05, 4.69) is 35.0 Å². The van der Waals surface area contributed by atoms with E-state index in [-0.39, 0.29) is 17.6 Å². The summed E-state index contributed by atoms with van der Waals surface area (Å²) >= 11 is 0. The molecule has 7 rings (SSSR count). The fraction of sp³-hybridized carbons (Fsp3) is 0.273. The Bertz CT molecular complexity index is 2100. The third-order valence-corrected chi connectivity index (χ3v) is 8.42. The van der Waals surface area contributed by atoms with Gasteiger partial charge < -0.3 is 23.9 Å². The zero-order valence-corrected chi connectivity index (χ0v) is 26.0. The van der Waals surface area contributed by atoms with Crippen LogP contribution in [-0.2, 0) is 24.1 Å². The van der Waals surface area contributed by atoms with E-state index >= 15 is 0 Å². The number of para-hydroxylation sites is 1. The maximum Gasteiger partial charge on any atom is 0.449 e. The lowest BCUT2D eigenvalue weighted by atomic mass is 10.1. The van der Waals surface area contributed by atoms with Crippen LogP contribution in [0.25, 0.3) is 33.2 Å². The highest BCUT2D eigenvalue weighted by Gasteiger charge is 2.40. The predicted octanol–water partition coefficient (Wildman–Crippen LogP) is 4.89. The van der Waals surface area contributed by atoms with Crippen molar-refractivity contribution in [3.63, 3.8) is 0 Å². The van der Waals surface area contributed by atoms with E-state index in [1.807, 2.05) is 36.4 Å². The molecule has 0 saturated carbocycles. The minimum absolute atomic E-state index is 0.108. The second-order valence-electron chi connectivity index (χ2n) is 11.4. The molecule has 0 aliphatic carbocycles. The van der Waals surface area contributed by atoms with Crippen molar-refractivity contribution in [1.82, 2.24) is 44.5 Å². The molecule has 6 aromatic rings. The second kappa shape index (κ2) is 12.6. The molecule has 0 bridgehead atoms. The molecule has 15 heteroatoms. The molecule has 1 fully saturated rings. The standard InChI is InChI=1S/C33H30F3N9O3/c1-47-22-7-8-25-27(14-22)45(32(42-25)33(34,35)36)19-29(46)44-12-11-43(17-20-9-10-38-39-15-20)18-28(44)30-37-16-26(40-30)23-13-21-5-3-4-6-24(21)41-31(23)48-2/h3-10,13-16,28H,11-12,17-19H2,1-2H3,(H,37,40)/t28-/m0/s1. The van der Waals surface area contributed by atoms with Gasteiger partial charge in [-0.1, -0.05) is 18.2 Å². The molecule has 1 aliphatic heterocycles. The normalized spacial score (nSPS) is 15.7. The molecular formula is C33H30F3N9O3. The number of imidazole rings is 2. The van der Waals surface area contributed by atoms with Gasteiger partial charge in [-0.25, -0.2) is 15.0 Å². The number of hydrogen-bond donors (Lipinski definition) is 1. The number of pyridine rings is 1. The van der Waals surface area contributed by atoms with Crippen molar-refractivity contribution in [1.29, 1.82) is 0 Å². The summed E-state index contributed by atoms with van der Waals surface area (Å²) in [5.74, 6) is -0.450. The van der Waals surface area contributed by atoms with Crippen molar-refractivity contribution in [2.45, 2.75) is 25.3 Å². The highest BCUT2D eigenvalue weighted by Crippen LogP contribution is 2.35. The summed E-state index contributed by atoms with van der Waals surface area (Å²) in [6.45, 7) is 1.04. The maximum atomic E-state index is 14.2. The van der Waals surface area contributed by atoms with Gasteiger partial charge in [-0.3, -0.25) is 9.69 Å². The van der Waals surface area contributed by atoms with Crippen LogP contribution in [0.1, 0.15) is 23.3 Å². The average Bonchev–Trinajstić information content (AvgIpc) is 3.73. The minimum atomic E-state index is -4.79. The quantitative estimate of drug-likeness (QED) is 0.244. The van der Waals surface area contributed by atoms with Crippen LogP contribution in [-0.4, -0.2) is 84.3 Å². The van der Waals surface area contributed by atoms with Crippen molar-refractivity contribution in [3.8, 4) is 22.9 Å². The third-order valence-electron chi connectivity index (χ3n) is 8.42. The molecule has 4 aromatic heterocycles. The number of ether oxygens (including phenoxy) is 2. The summed E-state index contributed by atoms with van der Waals surface area (Å²) in [4.78, 5) is 34.3. The van der Waals surface area contributed by atoms with E-state index in [1.165, 1.54) is 32.4 Å². The van der Waals surface area contributed by atoms with Crippen molar-refractivity contribution in [2.24, 2.45) is 0 Å². The number of carbonyl (C=O) groups is 1. The Morgan fingerprint density at radius 3 is 2.60 bits per heavy atom. The zero-order chi connectivity index (χ0) is 33.4. The number of methoxy groups -OCH3 is 2. The summed E-state index contributed by atoms with van der Waals surface area (Å²) in [7, 11) is 2.96. The smallest absolute Gasteiger partial charge is 0.449 e. The topological polar surface area (TPSA) is 127 Å². The lowest BCUT2D eigenvalue weighted by Crippen LogP contribution is -2.51. The number of rotatable bonds is 8. The number of nitrogens with zero attached hydrogens (tertiary/aromatic N) is 8. The molecule has 1 amide bonds. The number of nitrogens with one attached hydrogen (secondary N) is 1. The van der Waals surface area contributed by atoms with Crippen LogP contribution in [0.4, 0.5) is 13.2 Å². The van der Waals surface area contributed by atoms with Gasteiger partial charge in [0.25, 0.3) is 0 Å². The van der Waals surface area contributed by atoms with Crippen LogP contribution in [0.5, 0.6) is 11.6 Å². The monoisotopic (exact) mass is 657 g/mol. The van der Waals surface area contributed by atoms with Gasteiger partial charge >= 0.3 is 6.18 Å². The number of piperazine rings is 1. The summed E-state index contributed by atoms with van der Waals surface area (Å²) in [5, 5.41) is 8.71. The van der Waals surface area contributed by atoms with Crippen LogP contribution >= 0.6 is 0 Å². The molecule has 1 aliphatic rings. The van der Waals surface area contributed by atoms with E-state index in [9.17, 15) is 18.0 Å².